The Balaban J connectivity index is 2.02. The van der Waals surface area contributed by atoms with E-state index in [9.17, 15) is 5.11 Å². The first-order chi connectivity index (χ1) is 12.3. The monoisotopic (exact) mass is 361 g/mol. The Hall–Kier alpha value is -2.35. The quantitative estimate of drug-likeness (QED) is 0.486. The molecule has 8 heteroatoms. The maximum Gasteiger partial charge on any atom is 0.191 e. The van der Waals surface area contributed by atoms with E-state index in [1.165, 1.54) is 0 Å². The smallest absolute Gasteiger partial charge is 0.191 e. The second kappa shape index (κ2) is 8.84. The van der Waals surface area contributed by atoms with E-state index in [0.717, 1.165) is 24.5 Å². The van der Waals surface area contributed by atoms with E-state index in [1.54, 1.807) is 24.0 Å². The highest BCUT2D eigenvalue weighted by Crippen LogP contribution is 2.18. The van der Waals surface area contributed by atoms with Gasteiger partial charge in [0.25, 0.3) is 0 Å². The van der Waals surface area contributed by atoms with Crippen LogP contribution in [0.3, 0.4) is 0 Å². The number of imidazole rings is 1. The molecule has 3 N–H and O–H groups in total. The summed E-state index contributed by atoms with van der Waals surface area (Å²) < 4.78 is 3.81. The Kier molecular flexibility index (Phi) is 6.79. The van der Waals surface area contributed by atoms with Crippen LogP contribution in [0.1, 0.15) is 39.1 Å². The van der Waals surface area contributed by atoms with Gasteiger partial charge in [-0.1, -0.05) is 13.8 Å². The molecule has 0 amide bonds. The van der Waals surface area contributed by atoms with Gasteiger partial charge in [0.2, 0.25) is 0 Å². The molecule has 0 saturated heterocycles. The minimum absolute atomic E-state index is 0.324. The van der Waals surface area contributed by atoms with Gasteiger partial charge in [-0.05, 0) is 19.8 Å². The van der Waals surface area contributed by atoms with Crippen LogP contribution in [0.5, 0.6) is 0 Å². The van der Waals surface area contributed by atoms with E-state index in [1.807, 2.05) is 26.4 Å². The fraction of sp³-hybridized carbons (Fsp3) is 0.611. The molecule has 0 aliphatic rings. The molecule has 8 nitrogen and oxygen atoms in total. The number of aromatic nitrogens is 4. The molecule has 0 bridgehead atoms. The van der Waals surface area contributed by atoms with Crippen molar-refractivity contribution in [2.45, 2.75) is 46.4 Å². The standard InChI is InChI=1S/C18H31N7O/c1-6-19-17(21-10-16-20-7-8-25(16)11-14(2)3)22-13-18(4,26)15-9-23-24(5)12-15/h7-9,12,14,26H,6,10-11,13H2,1-5H3,(H2,19,21,22). The van der Waals surface area contributed by atoms with Gasteiger partial charge in [-0.15, -0.1) is 0 Å². The van der Waals surface area contributed by atoms with Gasteiger partial charge < -0.3 is 20.3 Å². The van der Waals surface area contributed by atoms with E-state index in [-0.39, 0.29) is 0 Å². The van der Waals surface area contributed by atoms with E-state index < -0.39 is 5.60 Å². The SMILES string of the molecule is CCNC(=NCc1nccn1CC(C)C)NCC(C)(O)c1cnn(C)c1. The minimum Gasteiger partial charge on any atom is -0.383 e. The molecule has 0 fully saturated rings. The summed E-state index contributed by atoms with van der Waals surface area (Å²) in [7, 11) is 1.83. The molecule has 2 aromatic rings. The van der Waals surface area contributed by atoms with Crippen molar-refractivity contribution in [3.05, 3.63) is 36.2 Å². The molecule has 0 radical (unpaired) electrons. The number of rotatable bonds is 8. The van der Waals surface area contributed by atoms with Crippen LogP contribution in [-0.2, 0) is 25.7 Å². The van der Waals surface area contributed by atoms with Crippen LogP contribution >= 0.6 is 0 Å². The van der Waals surface area contributed by atoms with E-state index in [4.69, 9.17) is 0 Å². The largest absolute Gasteiger partial charge is 0.383 e. The van der Waals surface area contributed by atoms with Gasteiger partial charge in [-0.25, -0.2) is 9.98 Å². The number of nitrogens with zero attached hydrogens (tertiary/aromatic N) is 5. The summed E-state index contributed by atoms with van der Waals surface area (Å²) in [6, 6.07) is 0. The second-order valence-corrected chi connectivity index (χ2v) is 7.11. The van der Waals surface area contributed by atoms with Crippen molar-refractivity contribution in [2.24, 2.45) is 18.0 Å². The summed E-state index contributed by atoms with van der Waals surface area (Å²) in [4.78, 5) is 9.01. The Morgan fingerprint density at radius 3 is 2.77 bits per heavy atom. The lowest BCUT2D eigenvalue weighted by atomic mass is 10.00. The second-order valence-electron chi connectivity index (χ2n) is 7.11. The lowest BCUT2D eigenvalue weighted by molar-refractivity contribution is 0.0616. The van der Waals surface area contributed by atoms with E-state index >= 15 is 0 Å². The number of aliphatic hydroxyl groups is 1. The van der Waals surface area contributed by atoms with Crippen molar-refractivity contribution in [3.63, 3.8) is 0 Å². The van der Waals surface area contributed by atoms with Crippen LogP contribution in [0.2, 0.25) is 0 Å². The molecule has 2 rings (SSSR count). The highest BCUT2D eigenvalue weighted by molar-refractivity contribution is 5.79. The molecule has 1 atom stereocenters. The summed E-state index contributed by atoms with van der Waals surface area (Å²) in [5.41, 5.74) is -0.281. The maximum absolute atomic E-state index is 10.7. The molecule has 1 unspecified atom stereocenters. The first-order valence-corrected chi connectivity index (χ1v) is 9.05. The molecule has 26 heavy (non-hydrogen) atoms. The number of aryl methyl sites for hydroxylation is 1. The lowest BCUT2D eigenvalue weighted by Crippen LogP contribution is -2.44. The summed E-state index contributed by atoms with van der Waals surface area (Å²) in [5, 5.41) is 21.2. The van der Waals surface area contributed by atoms with Crippen LogP contribution in [0, 0.1) is 5.92 Å². The van der Waals surface area contributed by atoms with Crippen LogP contribution in [0.25, 0.3) is 0 Å². The fourth-order valence-electron chi connectivity index (χ4n) is 2.60. The van der Waals surface area contributed by atoms with Crippen LogP contribution in [0.4, 0.5) is 0 Å². The Labute approximate surface area is 155 Å². The average Bonchev–Trinajstić information content (AvgIpc) is 3.19. The number of aliphatic imine (C=N–C) groups is 1. The molecule has 0 aliphatic heterocycles. The Bertz CT molecular complexity index is 715. The first-order valence-electron chi connectivity index (χ1n) is 9.05. The molecule has 2 heterocycles. The normalized spacial score (nSPS) is 14.5. The summed E-state index contributed by atoms with van der Waals surface area (Å²) in [6.07, 6.45) is 7.28. The van der Waals surface area contributed by atoms with Gasteiger partial charge in [0, 0.05) is 44.3 Å². The van der Waals surface area contributed by atoms with Crippen molar-refractivity contribution in [2.75, 3.05) is 13.1 Å². The number of hydrogen-bond donors (Lipinski definition) is 3. The van der Waals surface area contributed by atoms with Crippen LogP contribution < -0.4 is 10.6 Å². The third-order valence-corrected chi connectivity index (χ3v) is 4.01. The average molecular weight is 361 g/mol. The van der Waals surface area contributed by atoms with Gasteiger partial charge in [0.1, 0.15) is 18.0 Å². The van der Waals surface area contributed by atoms with Crippen LogP contribution in [-0.4, -0.2) is 43.5 Å². The number of hydrogen-bond acceptors (Lipinski definition) is 4. The third-order valence-electron chi connectivity index (χ3n) is 4.01. The van der Waals surface area contributed by atoms with Gasteiger partial charge in [0.05, 0.1) is 12.7 Å². The Morgan fingerprint density at radius 1 is 1.38 bits per heavy atom. The number of guanidine groups is 1. The highest BCUT2D eigenvalue weighted by Gasteiger charge is 2.25. The summed E-state index contributed by atoms with van der Waals surface area (Å²) in [6.45, 7) is 10.6. The molecule has 0 aromatic carbocycles. The topological polar surface area (TPSA) is 92.3 Å². The number of nitrogens with one attached hydrogen (secondary N) is 2. The van der Waals surface area contributed by atoms with Crippen LogP contribution in [0.15, 0.2) is 29.8 Å². The van der Waals surface area contributed by atoms with Crippen molar-refractivity contribution < 1.29 is 5.11 Å². The van der Waals surface area contributed by atoms with Crippen molar-refractivity contribution >= 4 is 5.96 Å². The Morgan fingerprint density at radius 2 is 2.15 bits per heavy atom. The van der Waals surface area contributed by atoms with Crippen molar-refractivity contribution in [3.8, 4) is 0 Å². The molecule has 144 valence electrons. The lowest BCUT2D eigenvalue weighted by Gasteiger charge is -2.23. The van der Waals surface area contributed by atoms with E-state index in [0.29, 0.717) is 25.0 Å². The summed E-state index contributed by atoms with van der Waals surface area (Å²) in [5.74, 6) is 2.12. The predicted molar refractivity (Wildman–Crippen MR) is 103 cm³/mol. The highest BCUT2D eigenvalue weighted by atomic mass is 16.3. The molecule has 0 saturated carbocycles. The van der Waals surface area contributed by atoms with Gasteiger partial charge in [-0.2, -0.15) is 5.10 Å². The molecule has 2 aromatic heterocycles. The van der Waals surface area contributed by atoms with Gasteiger partial charge in [-0.3, -0.25) is 4.68 Å². The van der Waals surface area contributed by atoms with E-state index in [2.05, 4.69) is 44.1 Å². The first kappa shape index (κ1) is 20.0. The third kappa shape index (κ3) is 5.59. The zero-order valence-electron chi connectivity index (χ0n) is 16.4. The van der Waals surface area contributed by atoms with Crippen molar-refractivity contribution in [1.29, 1.82) is 0 Å². The van der Waals surface area contributed by atoms with Gasteiger partial charge in [0.15, 0.2) is 5.96 Å². The molecule has 0 spiro atoms. The molecule has 0 aliphatic carbocycles. The van der Waals surface area contributed by atoms with Gasteiger partial charge >= 0.3 is 0 Å². The fourth-order valence-corrected chi connectivity index (χ4v) is 2.60. The summed E-state index contributed by atoms with van der Waals surface area (Å²) >= 11 is 0. The predicted octanol–water partition coefficient (Wildman–Crippen LogP) is 1.24. The maximum atomic E-state index is 10.7. The zero-order chi connectivity index (χ0) is 19.2. The molecular formula is C18H31N7O. The zero-order valence-corrected chi connectivity index (χ0v) is 16.4. The molecular weight excluding hydrogens is 330 g/mol. The van der Waals surface area contributed by atoms with Crippen molar-refractivity contribution in [1.82, 2.24) is 30.0 Å². The minimum atomic E-state index is -1.04.